The summed E-state index contributed by atoms with van der Waals surface area (Å²) in [6.45, 7) is 0.858. The zero-order valence-electron chi connectivity index (χ0n) is 10.4. The molecule has 17 heavy (non-hydrogen) atoms. The van der Waals surface area contributed by atoms with Crippen molar-refractivity contribution in [3.05, 3.63) is 24.0 Å². The van der Waals surface area contributed by atoms with Crippen molar-refractivity contribution in [3.8, 4) is 0 Å². The summed E-state index contributed by atoms with van der Waals surface area (Å²) in [5.41, 5.74) is 1.49. The van der Waals surface area contributed by atoms with Crippen LogP contribution in [-0.4, -0.2) is 36.4 Å². The fourth-order valence-corrected chi connectivity index (χ4v) is 2.13. The summed E-state index contributed by atoms with van der Waals surface area (Å²) in [4.78, 5) is 18.1. The molecular weight excluding hydrogens is 214 g/mol. The molecule has 0 atom stereocenters. The predicted octanol–water partition coefficient (Wildman–Crippen LogP) is 2.00. The second kappa shape index (κ2) is 5.17. The number of nitrogens with zero attached hydrogens (tertiary/aromatic N) is 2. The maximum atomic E-state index is 12.2. The number of carbonyl (C=O) groups excluding carboxylic acids is 1. The molecule has 0 bridgehead atoms. The summed E-state index contributed by atoms with van der Waals surface area (Å²) in [7, 11) is 3.69. The van der Waals surface area contributed by atoms with Crippen LogP contribution in [0.2, 0.25) is 0 Å². The van der Waals surface area contributed by atoms with E-state index < -0.39 is 0 Å². The van der Waals surface area contributed by atoms with Gasteiger partial charge in [-0.3, -0.25) is 9.78 Å². The van der Waals surface area contributed by atoms with Gasteiger partial charge in [-0.2, -0.15) is 0 Å². The summed E-state index contributed by atoms with van der Waals surface area (Å²) in [6.07, 6.45) is 7.13. The number of anilines is 1. The fourth-order valence-electron chi connectivity index (χ4n) is 2.13. The average molecular weight is 233 g/mol. The smallest absolute Gasteiger partial charge is 0.257 e. The third-order valence-electron chi connectivity index (χ3n) is 3.42. The van der Waals surface area contributed by atoms with Crippen LogP contribution in [0.25, 0.3) is 0 Å². The summed E-state index contributed by atoms with van der Waals surface area (Å²) in [5, 5.41) is 3.03. The van der Waals surface area contributed by atoms with Gasteiger partial charge >= 0.3 is 0 Å². The van der Waals surface area contributed by atoms with Gasteiger partial charge in [-0.25, -0.2) is 0 Å². The van der Waals surface area contributed by atoms with Gasteiger partial charge in [0.25, 0.3) is 5.91 Å². The lowest BCUT2D eigenvalue weighted by Crippen LogP contribution is -2.34. The Hall–Kier alpha value is -1.58. The topological polar surface area (TPSA) is 45.2 Å². The second-order valence-electron chi connectivity index (χ2n) is 4.65. The van der Waals surface area contributed by atoms with E-state index in [9.17, 15) is 4.79 Å². The number of hydrogen-bond donors (Lipinski definition) is 1. The van der Waals surface area contributed by atoms with Gasteiger partial charge in [-0.15, -0.1) is 0 Å². The van der Waals surface area contributed by atoms with E-state index in [1.807, 2.05) is 25.1 Å². The van der Waals surface area contributed by atoms with Crippen LogP contribution in [0.3, 0.4) is 0 Å². The molecule has 1 amide bonds. The molecule has 92 valence electrons. The minimum Gasteiger partial charge on any atom is -0.387 e. The molecule has 0 aromatic carbocycles. The van der Waals surface area contributed by atoms with E-state index in [4.69, 9.17) is 0 Å². The summed E-state index contributed by atoms with van der Waals surface area (Å²) in [5.74, 6) is 0.744. The Labute approximate surface area is 102 Å². The maximum absolute atomic E-state index is 12.2. The normalized spacial score (nSPS) is 15.2. The molecule has 1 heterocycles. The van der Waals surface area contributed by atoms with Crippen LogP contribution in [0.15, 0.2) is 18.5 Å². The second-order valence-corrected chi connectivity index (χ2v) is 4.65. The minimum atomic E-state index is 0.0503. The minimum absolute atomic E-state index is 0.0503. The molecule has 2 rings (SSSR count). The average Bonchev–Trinajstić information content (AvgIpc) is 2.32. The lowest BCUT2D eigenvalue weighted by molar-refractivity contribution is 0.0746. The first-order valence-electron chi connectivity index (χ1n) is 6.09. The highest BCUT2D eigenvalue weighted by Gasteiger charge is 2.23. The molecule has 1 aliphatic carbocycles. The Bertz CT molecular complexity index is 401. The van der Waals surface area contributed by atoms with Crippen molar-refractivity contribution in [1.29, 1.82) is 0 Å². The van der Waals surface area contributed by atoms with Gasteiger partial charge in [-0.05, 0) is 24.8 Å². The molecule has 1 N–H and O–H groups in total. The first kappa shape index (κ1) is 11.9. The van der Waals surface area contributed by atoms with Crippen molar-refractivity contribution in [2.75, 3.05) is 26.0 Å². The molecule has 0 radical (unpaired) electrons. The van der Waals surface area contributed by atoms with Crippen molar-refractivity contribution >= 4 is 11.6 Å². The third-order valence-corrected chi connectivity index (χ3v) is 3.42. The number of amides is 1. The van der Waals surface area contributed by atoms with Crippen LogP contribution < -0.4 is 5.32 Å². The van der Waals surface area contributed by atoms with Crippen LogP contribution in [0.4, 0.5) is 5.69 Å². The summed E-state index contributed by atoms with van der Waals surface area (Å²) >= 11 is 0. The first-order chi connectivity index (χ1) is 8.22. The van der Waals surface area contributed by atoms with E-state index in [0.29, 0.717) is 11.5 Å². The summed E-state index contributed by atoms with van der Waals surface area (Å²) in [6, 6.07) is 1.82. The molecule has 0 saturated heterocycles. The fraction of sp³-hybridized carbons (Fsp3) is 0.538. The third kappa shape index (κ3) is 2.57. The van der Waals surface area contributed by atoms with Gasteiger partial charge in [0.1, 0.15) is 0 Å². The SMILES string of the molecule is CNc1ccncc1C(=O)N(C)CC1CCC1. The van der Waals surface area contributed by atoms with Crippen LogP contribution in [0, 0.1) is 5.92 Å². The molecule has 1 aromatic rings. The standard InChI is InChI=1S/C13H19N3O/c1-14-12-6-7-15-8-11(12)13(17)16(2)9-10-4-3-5-10/h6-8,10H,3-5,9H2,1-2H3,(H,14,15). The Balaban J connectivity index is 2.06. The predicted molar refractivity (Wildman–Crippen MR) is 68.1 cm³/mol. The quantitative estimate of drug-likeness (QED) is 0.865. The van der Waals surface area contributed by atoms with E-state index in [0.717, 1.165) is 12.2 Å². The van der Waals surface area contributed by atoms with Crippen LogP contribution in [0.1, 0.15) is 29.6 Å². The highest BCUT2D eigenvalue weighted by molar-refractivity contribution is 5.99. The van der Waals surface area contributed by atoms with E-state index in [1.165, 1.54) is 19.3 Å². The molecule has 1 aromatic heterocycles. The largest absolute Gasteiger partial charge is 0.387 e. The maximum Gasteiger partial charge on any atom is 0.257 e. The van der Waals surface area contributed by atoms with Gasteiger partial charge in [0.05, 0.1) is 5.56 Å². The number of aromatic nitrogens is 1. The van der Waals surface area contributed by atoms with Crippen molar-refractivity contribution in [1.82, 2.24) is 9.88 Å². The zero-order chi connectivity index (χ0) is 12.3. The Morgan fingerprint density at radius 2 is 2.35 bits per heavy atom. The van der Waals surface area contributed by atoms with E-state index in [1.54, 1.807) is 12.4 Å². The lowest BCUT2D eigenvalue weighted by atomic mass is 9.85. The monoisotopic (exact) mass is 233 g/mol. The number of nitrogens with one attached hydrogen (secondary N) is 1. The molecule has 1 fully saturated rings. The molecule has 0 unspecified atom stereocenters. The Morgan fingerprint density at radius 3 is 2.94 bits per heavy atom. The van der Waals surface area contributed by atoms with Gasteiger partial charge in [0.15, 0.2) is 0 Å². The van der Waals surface area contributed by atoms with E-state index in [2.05, 4.69) is 10.3 Å². The molecule has 1 aliphatic rings. The van der Waals surface area contributed by atoms with Crippen molar-refractivity contribution in [3.63, 3.8) is 0 Å². The van der Waals surface area contributed by atoms with Crippen molar-refractivity contribution < 1.29 is 4.79 Å². The highest BCUT2D eigenvalue weighted by atomic mass is 16.2. The molecule has 4 nitrogen and oxygen atoms in total. The highest BCUT2D eigenvalue weighted by Crippen LogP contribution is 2.27. The van der Waals surface area contributed by atoms with Crippen LogP contribution in [0.5, 0.6) is 0 Å². The number of rotatable bonds is 4. The number of hydrogen-bond acceptors (Lipinski definition) is 3. The van der Waals surface area contributed by atoms with Crippen molar-refractivity contribution in [2.24, 2.45) is 5.92 Å². The molecule has 0 aliphatic heterocycles. The first-order valence-corrected chi connectivity index (χ1v) is 6.09. The number of carbonyl (C=O) groups is 1. The van der Waals surface area contributed by atoms with Crippen LogP contribution >= 0.6 is 0 Å². The van der Waals surface area contributed by atoms with Gasteiger partial charge in [-0.1, -0.05) is 6.42 Å². The lowest BCUT2D eigenvalue weighted by Gasteiger charge is -2.30. The van der Waals surface area contributed by atoms with Crippen LogP contribution in [-0.2, 0) is 0 Å². The van der Waals surface area contributed by atoms with Gasteiger partial charge in [0, 0.05) is 38.7 Å². The molecule has 4 heteroatoms. The summed E-state index contributed by atoms with van der Waals surface area (Å²) < 4.78 is 0. The van der Waals surface area contributed by atoms with E-state index in [-0.39, 0.29) is 5.91 Å². The molecule has 0 spiro atoms. The molecular formula is C13H19N3O. The van der Waals surface area contributed by atoms with Gasteiger partial charge < -0.3 is 10.2 Å². The number of pyridine rings is 1. The van der Waals surface area contributed by atoms with Gasteiger partial charge in [0.2, 0.25) is 0 Å². The Kier molecular flexibility index (Phi) is 3.61. The van der Waals surface area contributed by atoms with Crippen molar-refractivity contribution in [2.45, 2.75) is 19.3 Å². The Morgan fingerprint density at radius 1 is 1.59 bits per heavy atom. The molecule has 1 saturated carbocycles. The zero-order valence-corrected chi connectivity index (χ0v) is 10.4. The van der Waals surface area contributed by atoms with E-state index >= 15 is 0 Å².